The van der Waals surface area contributed by atoms with Crippen molar-refractivity contribution in [2.45, 2.75) is 46.2 Å². The second kappa shape index (κ2) is 7.29. The zero-order valence-electron chi connectivity index (χ0n) is 10.9. The molecule has 1 heterocycles. The van der Waals surface area contributed by atoms with Crippen molar-refractivity contribution in [1.29, 1.82) is 0 Å². The van der Waals surface area contributed by atoms with E-state index in [2.05, 4.69) is 25.9 Å². The lowest BCUT2D eigenvalue weighted by atomic mass is 10.1. The molecule has 0 radical (unpaired) electrons. The molecule has 0 aromatic carbocycles. The molecule has 0 aliphatic rings. The highest BCUT2D eigenvalue weighted by molar-refractivity contribution is 7.99. The summed E-state index contributed by atoms with van der Waals surface area (Å²) < 4.78 is 1.98. The molecular weight excluding hydrogens is 254 g/mol. The van der Waals surface area contributed by atoms with E-state index in [1.165, 1.54) is 0 Å². The second-order valence-electron chi connectivity index (χ2n) is 4.00. The highest BCUT2D eigenvalue weighted by atomic mass is 35.5. The summed E-state index contributed by atoms with van der Waals surface area (Å²) in [5.74, 6) is 2.08. The SMILES string of the molecule is CCSCC(N)Cc1c(Cl)c(CC)nn1CC. The Morgan fingerprint density at radius 3 is 2.65 bits per heavy atom. The van der Waals surface area contributed by atoms with Crippen LogP contribution in [-0.4, -0.2) is 27.3 Å². The zero-order chi connectivity index (χ0) is 12.8. The predicted octanol–water partition coefficient (Wildman–Crippen LogP) is 2.74. The van der Waals surface area contributed by atoms with Crippen molar-refractivity contribution >= 4 is 23.4 Å². The molecule has 1 atom stereocenters. The van der Waals surface area contributed by atoms with Gasteiger partial charge in [0.05, 0.1) is 16.4 Å². The third-order valence-corrected chi connectivity index (χ3v) is 4.19. The van der Waals surface area contributed by atoms with Crippen molar-refractivity contribution in [3.8, 4) is 0 Å². The molecule has 0 saturated carbocycles. The van der Waals surface area contributed by atoms with Crippen LogP contribution in [-0.2, 0) is 19.4 Å². The number of thioether (sulfide) groups is 1. The van der Waals surface area contributed by atoms with Crippen LogP contribution in [0.4, 0.5) is 0 Å². The van der Waals surface area contributed by atoms with Gasteiger partial charge in [-0.05, 0) is 19.1 Å². The van der Waals surface area contributed by atoms with Gasteiger partial charge < -0.3 is 5.73 Å². The summed E-state index contributed by atoms with van der Waals surface area (Å²) in [4.78, 5) is 0. The Morgan fingerprint density at radius 1 is 1.41 bits per heavy atom. The van der Waals surface area contributed by atoms with Gasteiger partial charge >= 0.3 is 0 Å². The molecule has 0 saturated heterocycles. The maximum Gasteiger partial charge on any atom is 0.0850 e. The second-order valence-corrected chi connectivity index (χ2v) is 5.70. The lowest BCUT2D eigenvalue weighted by molar-refractivity contribution is 0.592. The van der Waals surface area contributed by atoms with E-state index in [0.29, 0.717) is 0 Å². The minimum absolute atomic E-state index is 0.157. The van der Waals surface area contributed by atoms with Crippen LogP contribution in [0, 0.1) is 0 Å². The first-order valence-corrected chi connectivity index (χ1v) is 7.74. The molecule has 0 aliphatic heterocycles. The summed E-state index contributed by atoms with van der Waals surface area (Å²) in [6.45, 7) is 7.15. The lowest BCUT2D eigenvalue weighted by Gasteiger charge is -2.12. The van der Waals surface area contributed by atoms with Crippen molar-refractivity contribution < 1.29 is 0 Å². The standard InChI is InChI=1S/C12H22ClN3S/c1-4-10-12(13)11(16(5-2)15-10)7-9(14)8-17-6-3/h9H,4-8,14H2,1-3H3. The monoisotopic (exact) mass is 275 g/mol. The Kier molecular flexibility index (Phi) is 6.38. The fraction of sp³-hybridized carbons (Fsp3) is 0.750. The quantitative estimate of drug-likeness (QED) is 0.832. The summed E-state index contributed by atoms with van der Waals surface area (Å²) >= 11 is 8.21. The third kappa shape index (κ3) is 3.90. The number of hydrogen-bond acceptors (Lipinski definition) is 3. The maximum absolute atomic E-state index is 6.34. The van der Waals surface area contributed by atoms with Gasteiger partial charge in [0.15, 0.2) is 0 Å². The molecule has 17 heavy (non-hydrogen) atoms. The van der Waals surface area contributed by atoms with Crippen molar-refractivity contribution in [2.24, 2.45) is 5.73 Å². The minimum Gasteiger partial charge on any atom is -0.327 e. The summed E-state index contributed by atoms with van der Waals surface area (Å²) in [5.41, 5.74) is 8.19. The highest BCUT2D eigenvalue weighted by Crippen LogP contribution is 2.23. The molecule has 1 aromatic rings. The summed E-state index contributed by atoms with van der Waals surface area (Å²) in [6, 6.07) is 0.157. The minimum atomic E-state index is 0.157. The zero-order valence-corrected chi connectivity index (χ0v) is 12.4. The van der Waals surface area contributed by atoms with Crippen molar-refractivity contribution in [3.63, 3.8) is 0 Å². The Hall–Kier alpha value is -0.190. The van der Waals surface area contributed by atoms with E-state index < -0.39 is 0 Å². The molecular formula is C12H22ClN3S. The van der Waals surface area contributed by atoms with E-state index in [-0.39, 0.29) is 6.04 Å². The first-order valence-electron chi connectivity index (χ1n) is 6.21. The van der Waals surface area contributed by atoms with Gasteiger partial charge in [0, 0.05) is 24.8 Å². The van der Waals surface area contributed by atoms with Crippen LogP contribution in [0.25, 0.3) is 0 Å². The number of nitrogens with two attached hydrogens (primary N) is 1. The number of aromatic nitrogens is 2. The molecule has 2 N–H and O–H groups in total. The lowest BCUT2D eigenvalue weighted by Crippen LogP contribution is -2.27. The summed E-state index contributed by atoms with van der Waals surface area (Å²) in [6.07, 6.45) is 1.68. The number of hydrogen-bond donors (Lipinski definition) is 1. The number of aryl methyl sites for hydroxylation is 2. The van der Waals surface area contributed by atoms with E-state index in [1.807, 2.05) is 16.4 Å². The molecule has 0 bridgehead atoms. The average Bonchev–Trinajstić information content (AvgIpc) is 2.63. The van der Waals surface area contributed by atoms with Crippen LogP contribution in [0.2, 0.25) is 5.02 Å². The predicted molar refractivity (Wildman–Crippen MR) is 77.0 cm³/mol. The van der Waals surface area contributed by atoms with Crippen LogP contribution in [0.5, 0.6) is 0 Å². The fourth-order valence-corrected chi connectivity index (χ4v) is 2.79. The molecule has 1 unspecified atom stereocenters. The van der Waals surface area contributed by atoms with Gasteiger partial charge in [0.25, 0.3) is 0 Å². The first-order chi connectivity index (χ1) is 8.13. The molecule has 3 nitrogen and oxygen atoms in total. The van der Waals surface area contributed by atoms with E-state index in [9.17, 15) is 0 Å². The number of nitrogens with zero attached hydrogens (tertiary/aromatic N) is 2. The summed E-state index contributed by atoms with van der Waals surface area (Å²) in [7, 11) is 0. The molecule has 0 aliphatic carbocycles. The first kappa shape index (κ1) is 14.9. The largest absolute Gasteiger partial charge is 0.327 e. The van der Waals surface area contributed by atoms with Gasteiger partial charge in [-0.15, -0.1) is 0 Å². The van der Waals surface area contributed by atoms with Gasteiger partial charge in [0.2, 0.25) is 0 Å². The van der Waals surface area contributed by atoms with E-state index in [4.69, 9.17) is 17.3 Å². The maximum atomic E-state index is 6.34. The topological polar surface area (TPSA) is 43.8 Å². The Labute approximate surface area is 113 Å². The van der Waals surface area contributed by atoms with Gasteiger partial charge in [-0.25, -0.2) is 0 Å². The summed E-state index contributed by atoms with van der Waals surface area (Å²) in [5, 5.41) is 5.31. The molecule has 0 fully saturated rings. The normalized spacial score (nSPS) is 13.0. The Morgan fingerprint density at radius 2 is 2.12 bits per heavy atom. The molecule has 1 aromatic heterocycles. The van der Waals surface area contributed by atoms with Crippen molar-refractivity contribution in [3.05, 3.63) is 16.4 Å². The van der Waals surface area contributed by atoms with Crippen LogP contribution in [0.15, 0.2) is 0 Å². The van der Waals surface area contributed by atoms with Crippen LogP contribution in [0.1, 0.15) is 32.2 Å². The Bertz CT molecular complexity index is 352. The molecule has 98 valence electrons. The highest BCUT2D eigenvalue weighted by Gasteiger charge is 2.16. The van der Waals surface area contributed by atoms with Crippen LogP contribution < -0.4 is 5.73 Å². The van der Waals surface area contributed by atoms with Gasteiger partial charge in [0.1, 0.15) is 0 Å². The molecule has 5 heteroatoms. The third-order valence-electron chi connectivity index (χ3n) is 2.69. The van der Waals surface area contributed by atoms with Crippen LogP contribution >= 0.6 is 23.4 Å². The van der Waals surface area contributed by atoms with E-state index in [1.54, 1.807) is 0 Å². The van der Waals surface area contributed by atoms with Crippen LogP contribution in [0.3, 0.4) is 0 Å². The van der Waals surface area contributed by atoms with E-state index >= 15 is 0 Å². The van der Waals surface area contributed by atoms with Gasteiger partial charge in [-0.1, -0.05) is 25.4 Å². The molecule has 1 rings (SSSR count). The smallest absolute Gasteiger partial charge is 0.0850 e. The van der Waals surface area contributed by atoms with Crippen molar-refractivity contribution in [2.75, 3.05) is 11.5 Å². The van der Waals surface area contributed by atoms with Gasteiger partial charge in [-0.2, -0.15) is 16.9 Å². The van der Waals surface area contributed by atoms with E-state index in [0.717, 1.165) is 47.3 Å². The van der Waals surface area contributed by atoms with Crippen molar-refractivity contribution in [1.82, 2.24) is 9.78 Å². The molecule has 0 spiro atoms. The fourth-order valence-electron chi connectivity index (χ4n) is 1.79. The number of rotatable bonds is 7. The Balaban J connectivity index is 2.78. The van der Waals surface area contributed by atoms with Gasteiger partial charge in [-0.3, -0.25) is 4.68 Å². The molecule has 0 amide bonds. The average molecular weight is 276 g/mol. The number of halogens is 1.